The van der Waals surface area contributed by atoms with Gasteiger partial charge in [0.05, 0.1) is 20.1 Å². The Kier molecular flexibility index (Phi) is 3.72. The van der Waals surface area contributed by atoms with Gasteiger partial charge in [0.25, 0.3) is 0 Å². The van der Waals surface area contributed by atoms with Gasteiger partial charge in [0, 0.05) is 25.1 Å². The summed E-state index contributed by atoms with van der Waals surface area (Å²) in [4.78, 5) is 11.2. The zero-order valence-corrected chi connectivity index (χ0v) is 10.5. The third kappa shape index (κ3) is 2.26. The molecule has 0 aliphatic carbocycles. The van der Waals surface area contributed by atoms with Gasteiger partial charge >= 0.3 is 5.97 Å². The summed E-state index contributed by atoms with van der Waals surface area (Å²) in [5.74, 6) is 0.126. The topological polar surface area (TPSA) is 67.8 Å². The number of carbonyl (C=O) groups is 1. The standard InChI is InChI=1S/C13H17NO4/c1-17-8-3-4-9(12(5-8)18-2)10-6-14-7-11(10)13(15)16/h3-5,10-11,14H,6-7H2,1-2H3,(H,15,16). The molecular weight excluding hydrogens is 234 g/mol. The third-order valence-electron chi connectivity index (χ3n) is 3.37. The lowest BCUT2D eigenvalue weighted by atomic mass is 9.88. The summed E-state index contributed by atoms with van der Waals surface area (Å²) in [6.45, 7) is 1.15. The van der Waals surface area contributed by atoms with Crippen molar-refractivity contribution in [1.29, 1.82) is 0 Å². The van der Waals surface area contributed by atoms with E-state index in [0.29, 0.717) is 24.6 Å². The van der Waals surface area contributed by atoms with Crippen LogP contribution >= 0.6 is 0 Å². The molecule has 0 aromatic heterocycles. The predicted molar refractivity (Wildman–Crippen MR) is 66.3 cm³/mol. The van der Waals surface area contributed by atoms with Gasteiger partial charge in [-0.05, 0) is 11.6 Å². The molecule has 5 heteroatoms. The normalized spacial score (nSPS) is 22.8. The third-order valence-corrected chi connectivity index (χ3v) is 3.37. The number of hydrogen-bond acceptors (Lipinski definition) is 4. The van der Waals surface area contributed by atoms with Crippen molar-refractivity contribution in [3.05, 3.63) is 23.8 Å². The van der Waals surface area contributed by atoms with Gasteiger partial charge in [-0.15, -0.1) is 0 Å². The Labute approximate surface area is 106 Å². The van der Waals surface area contributed by atoms with E-state index in [4.69, 9.17) is 9.47 Å². The summed E-state index contributed by atoms with van der Waals surface area (Å²) >= 11 is 0. The van der Waals surface area contributed by atoms with Crippen LogP contribution in [0.1, 0.15) is 11.5 Å². The van der Waals surface area contributed by atoms with Crippen molar-refractivity contribution in [2.24, 2.45) is 5.92 Å². The predicted octanol–water partition coefficient (Wildman–Crippen LogP) is 1.09. The van der Waals surface area contributed by atoms with E-state index in [0.717, 1.165) is 5.56 Å². The summed E-state index contributed by atoms with van der Waals surface area (Å²) in [5, 5.41) is 12.3. The SMILES string of the molecule is COc1ccc(C2CNCC2C(=O)O)c(OC)c1. The number of ether oxygens (including phenoxy) is 2. The number of aliphatic carboxylic acids is 1. The molecule has 0 amide bonds. The summed E-state index contributed by atoms with van der Waals surface area (Å²) in [6, 6.07) is 5.49. The van der Waals surface area contributed by atoms with Gasteiger partial charge in [-0.25, -0.2) is 0 Å². The minimum atomic E-state index is -0.775. The van der Waals surface area contributed by atoms with Crippen molar-refractivity contribution in [3.8, 4) is 11.5 Å². The second kappa shape index (κ2) is 5.27. The lowest BCUT2D eigenvalue weighted by molar-refractivity contribution is -0.141. The maximum Gasteiger partial charge on any atom is 0.308 e. The number of methoxy groups -OCH3 is 2. The van der Waals surface area contributed by atoms with Crippen molar-refractivity contribution in [2.45, 2.75) is 5.92 Å². The van der Waals surface area contributed by atoms with Crippen LogP contribution in [0.5, 0.6) is 11.5 Å². The average Bonchev–Trinajstić information content (AvgIpc) is 2.87. The number of carboxylic acids is 1. The van der Waals surface area contributed by atoms with E-state index in [-0.39, 0.29) is 5.92 Å². The summed E-state index contributed by atoms with van der Waals surface area (Å²) in [7, 11) is 3.17. The Hall–Kier alpha value is -1.75. The maximum atomic E-state index is 11.2. The molecule has 2 atom stereocenters. The molecule has 0 saturated carbocycles. The molecule has 1 aromatic carbocycles. The first-order valence-corrected chi connectivity index (χ1v) is 5.82. The van der Waals surface area contributed by atoms with Gasteiger partial charge in [-0.2, -0.15) is 0 Å². The Morgan fingerprint density at radius 1 is 1.33 bits per heavy atom. The lowest BCUT2D eigenvalue weighted by Crippen LogP contribution is -2.21. The molecule has 0 radical (unpaired) electrons. The van der Waals surface area contributed by atoms with Gasteiger partial charge < -0.3 is 19.9 Å². The first-order valence-electron chi connectivity index (χ1n) is 5.82. The lowest BCUT2D eigenvalue weighted by Gasteiger charge is -2.18. The quantitative estimate of drug-likeness (QED) is 0.838. The molecule has 1 aliphatic rings. The fourth-order valence-electron chi connectivity index (χ4n) is 2.39. The van der Waals surface area contributed by atoms with Crippen LogP contribution in [0.25, 0.3) is 0 Å². The highest BCUT2D eigenvalue weighted by atomic mass is 16.5. The molecule has 2 unspecified atom stereocenters. The highest BCUT2D eigenvalue weighted by molar-refractivity contribution is 5.72. The van der Waals surface area contributed by atoms with E-state index in [1.807, 2.05) is 12.1 Å². The van der Waals surface area contributed by atoms with E-state index >= 15 is 0 Å². The molecule has 18 heavy (non-hydrogen) atoms. The zero-order chi connectivity index (χ0) is 13.1. The van der Waals surface area contributed by atoms with Gasteiger partial charge in [0.15, 0.2) is 0 Å². The van der Waals surface area contributed by atoms with Crippen molar-refractivity contribution in [2.75, 3.05) is 27.3 Å². The molecule has 2 rings (SSSR count). The highest BCUT2D eigenvalue weighted by Gasteiger charge is 2.35. The van der Waals surface area contributed by atoms with Crippen molar-refractivity contribution in [1.82, 2.24) is 5.32 Å². The first-order chi connectivity index (χ1) is 8.67. The highest BCUT2D eigenvalue weighted by Crippen LogP contribution is 2.36. The van der Waals surface area contributed by atoms with Crippen LogP contribution in [0.3, 0.4) is 0 Å². The Morgan fingerprint density at radius 2 is 2.11 bits per heavy atom. The van der Waals surface area contributed by atoms with Gasteiger partial charge in [-0.1, -0.05) is 6.07 Å². The van der Waals surface area contributed by atoms with Crippen molar-refractivity contribution >= 4 is 5.97 Å². The summed E-state index contributed by atoms with van der Waals surface area (Å²) in [6.07, 6.45) is 0. The molecule has 0 spiro atoms. The van der Waals surface area contributed by atoms with E-state index in [1.165, 1.54) is 0 Å². The van der Waals surface area contributed by atoms with Crippen LogP contribution in [-0.2, 0) is 4.79 Å². The van der Waals surface area contributed by atoms with Crippen molar-refractivity contribution < 1.29 is 19.4 Å². The zero-order valence-electron chi connectivity index (χ0n) is 10.5. The van der Waals surface area contributed by atoms with Crippen LogP contribution < -0.4 is 14.8 Å². The van der Waals surface area contributed by atoms with Gasteiger partial charge in [0.1, 0.15) is 11.5 Å². The van der Waals surface area contributed by atoms with E-state index in [1.54, 1.807) is 20.3 Å². The summed E-state index contributed by atoms with van der Waals surface area (Å²) < 4.78 is 10.5. The molecule has 2 N–H and O–H groups in total. The number of nitrogens with one attached hydrogen (secondary N) is 1. The number of benzene rings is 1. The Bertz CT molecular complexity index is 447. The van der Waals surface area contributed by atoms with Crippen LogP contribution in [0, 0.1) is 5.92 Å². The first kappa shape index (κ1) is 12.7. The Morgan fingerprint density at radius 3 is 2.72 bits per heavy atom. The molecule has 1 aliphatic heterocycles. The van der Waals surface area contributed by atoms with E-state index in [2.05, 4.69) is 5.32 Å². The Balaban J connectivity index is 2.35. The second-order valence-corrected chi connectivity index (χ2v) is 4.32. The monoisotopic (exact) mass is 251 g/mol. The maximum absolute atomic E-state index is 11.2. The number of hydrogen-bond donors (Lipinski definition) is 2. The minimum absolute atomic E-state index is 0.0663. The van der Waals surface area contributed by atoms with Crippen LogP contribution in [0.15, 0.2) is 18.2 Å². The smallest absolute Gasteiger partial charge is 0.308 e. The number of carboxylic acid groups (broad SMARTS) is 1. The fourth-order valence-corrected chi connectivity index (χ4v) is 2.39. The van der Waals surface area contributed by atoms with E-state index in [9.17, 15) is 9.90 Å². The molecule has 1 fully saturated rings. The van der Waals surface area contributed by atoms with Crippen LogP contribution in [-0.4, -0.2) is 38.4 Å². The van der Waals surface area contributed by atoms with Crippen molar-refractivity contribution in [3.63, 3.8) is 0 Å². The number of rotatable bonds is 4. The summed E-state index contributed by atoms with van der Waals surface area (Å²) in [5.41, 5.74) is 0.913. The minimum Gasteiger partial charge on any atom is -0.497 e. The largest absolute Gasteiger partial charge is 0.497 e. The molecule has 1 heterocycles. The fraction of sp³-hybridized carbons (Fsp3) is 0.462. The van der Waals surface area contributed by atoms with Gasteiger partial charge in [-0.3, -0.25) is 4.79 Å². The van der Waals surface area contributed by atoms with E-state index < -0.39 is 11.9 Å². The second-order valence-electron chi connectivity index (χ2n) is 4.32. The average molecular weight is 251 g/mol. The van der Waals surface area contributed by atoms with Gasteiger partial charge in [0.2, 0.25) is 0 Å². The molecule has 98 valence electrons. The van der Waals surface area contributed by atoms with Crippen LogP contribution in [0.4, 0.5) is 0 Å². The molecular formula is C13H17NO4. The van der Waals surface area contributed by atoms with Crippen LogP contribution in [0.2, 0.25) is 0 Å². The molecule has 5 nitrogen and oxygen atoms in total. The molecule has 1 saturated heterocycles. The molecule has 1 aromatic rings. The molecule has 0 bridgehead atoms.